The molecule has 2 fully saturated rings. The minimum absolute atomic E-state index is 0.101. The number of hydrogen-bond acceptors (Lipinski definition) is 1. The Hall–Kier alpha value is -0.500. The van der Waals surface area contributed by atoms with Crippen LogP contribution in [0.4, 0.5) is 0 Å². The summed E-state index contributed by atoms with van der Waals surface area (Å²) in [4.78, 5) is 13.4. The Morgan fingerprint density at radius 3 is 3.08 bits per heavy atom. The Labute approximate surface area is 77.2 Å². The van der Waals surface area contributed by atoms with E-state index in [4.69, 9.17) is 11.6 Å². The largest absolute Gasteiger partial charge is 0.338 e. The number of carbonyl (C=O) groups excluding carboxylic acids is 1. The van der Waals surface area contributed by atoms with Crippen molar-refractivity contribution in [2.45, 2.75) is 24.3 Å². The molecule has 2 rings (SSSR count). The summed E-state index contributed by atoms with van der Waals surface area (Å²) in [6.45, 7) is 4.61. The van der Waals surface area contributed by atoms with Crippen molar-refractivity contribution in [1.82, 2.24) is 4.90 Å². The molecule has 0 unspecified atom stereocenters. The Balaban J connectivity index is 2.26. The lowest BCUT2D eigenvalue weighted by atomic mass is 9.98. The number of rotatable bonds is 1. The number of nitrogens with zero attached hydrogens (tertiary/aromatic N) is 1. The molecular formula is C9H12ClNO. The molecule has 2 aliphatic rings. The molecule has 2 heterocycles. The second kappa shape index (κ2) is 2.77. The van der Waals surface area contributed by atoms with E-state index < -0.39 is 0 Å². The number of alkyl halides is 1. The molecule has 0 N–H and O–H groups in total. The lowest BCUT2D eigenvalue weighted by molar-refractivity contribution is -0.127. The van der Waals surface area contributed by atoms with Gasteiger partial charge in [0, 0.05) is 18.5 Å². The van der Waals surface area contributed by atoms with E-state index in [1.165, 1.54) is 0 Å². The molecule has 0 aromatic heterocycles. The molecule has 0 aromatic rings. The second-order valence-corrected chi connectivity index (χ2v) is 3.93. The van der Waals surface area contributed by atoms with E-state index >= 15 is 0 Å². The first kappa shape index (κ1) is 8.11. The lowest BCUT2D eigenvalue weighted by Gasteiger charge is -2.16. The van der Waals surface area contributed by atoms with Gasteiger partial charge in [0.05, 0.1) is 0 Å². The average Bonchev–Trinajstić information content (AvgIpc) is 2.59. The standard InChI is InChI=1S/C9H12ClNO/c1-2-6-7-4-3-5-11(7)9(12)8(6)10/h2,6-8H,1,3-5H2/t6-,7+,8-/m1/s1. The van der Waals surface area contributed by atoms with Gasteiger partial charge in [-0.15, -0.1) is 18.2 Å². The second-order valence-electron chi connectivity index (χ2n) is 3.46. The highest BCUT2D eigenvalue weighted by Crippen LogP contribution is 2.36. The molecule has 2 nitrogen and oxygen atoms in total. The van der Waals surface area contributed by atoms with E-state index in [1.54, 1.807) is 0 Å². The minimum atomic E-state index is -0.354. The van der Waals surface area contributed by atoms with Crippen LogP contribution in [0.15, 0.2) is 12.7 Å². The molecule has 0 bridgehead atoms. The molecule has 2 aliphatic heterocycles. The van der Waals surface area contributed by atoms with Crippen molar-refractivity contribution in [3.05, 3.63) is 12.7 Å². The van der Waals surface area contributed by atoms with Crippen LogP contribution in [0.3, 0.4) is 0 Å². The predicted octanol–water partition coefficient (Wildman–Crippen LogP) is 1.40. The zero-order valence-corrected chi connectivity index (χ0v) is 7.63. The van der Waals surface area contributed by atoms with Gasteiger partial charge in [0.1, 0.15) is 5.38 Å². The highest BCUT2D eigenvalue weighted by Gasteiger charge is 2.47. The number of halogens is 1. The number of amides is 1. The zero-order chi connectivity index (χ0) is 8.72. The van der Waals surface area contributed by atoms with Crippen LogP contribution in [-0.2, 0) is 4.79 Å². The third-order valence-electron chi connectivity index (χ3n) is 2.87. The summed E-state index contributed by atoms with van der Waals surface area (Å²) in [5.74, 6) is 0.269. The fourth-order valence-electron chi connectivity index (χ4n) is 2.26. The van der Waals surface area contributed by atoms with Crippen LogP contribution >= 0.6 is 11.6 Å². The molecule has 0 spiro atoms. The van der Waals surface area contributed by atoms with Gasteiger partial charge in [0.15, 0.2) is 0 Å². The van der Waals surface area contributed by atoms with Crippen molar-refractivity contribution in [1.29, 1.82) is 0 Å². The third-order valence-corrected chi connectivity index (χ3v) is 3.35. The molecule has 2 saturated heterocycles. The number of fused-ring (bicyclic) bond motifs is 1. The van der Waals surface area contributed by atoms with Gasteiger partial charge >= 0.3 is 0 Å². The maximum absolute atomic E-state index is 11.5. The summed E-state index contributed by atoms with van der Waals surface area (Å²) < 4.78 is 0. The SMILES string of the molecule is C=C[C@H]1[C@@H](Cl)C(=O)N2CCC[C@@H]12. The van der Waals surface area contributed by atoms with Crippen molar-refractivity contribution in [3.63, 3.8) is 0 Å². The van der Waals surface area contributed by atoms with E-state index in [1.807, 2.05) is 11.0 Å². The monoisotopic (exact) mass is 185 g/mol. The molecule has 3 atom stereocenters. The molecule has 1 amide bonds. The van der Waals surface area contributed by atoms with Gasteiger partial charge in [0.25, 0.3) is 0 Å². The number of carbonyl (C=O) groups is 1. The fourth-order valence-corrected chi connectivity index (χ4v) is 2.66. The summed E-state index contributed by atoms with van der Waals surface area (Å²) in [7, 11) is 0. The molecule has 3 heteroatoms. The summed E-state index contributed by atoms with van der Waals surface area (Å²) in [5, 5.41) is -0.354. The fraction of sp³-hybridized carbons (Fsp3) is 0.667. The molecule has 0 aromatic carbocycles. The molecule has 12 heavy (non-hydrogen) atoms. The minimum Gasteiger partial charge on any atom is -0.338 e. The quantitative estimate of drug-likeness (QED) is 0.447. The van der Waals surface area contributed by atoms with Crippen LogP contribution in [0.2, 0.25) is 0 Å². The maximum atomic E-state index is 11.5. The van der Waals surface area contributed by atoms with E-state index in [9.17, 15) is 4.79 Å². The van der Waals surface area contributed by atoms with Gasteiger partial charge < -0.3 is 4.90 Å². The zero-order valence-electron chi connectivity index (χ0n) is 6.87. The van der Waals surface area contributed by atoms with Gasteiger partial charge in [-0.3, -0.25) is 4.79 Å². The van der Waals surface area contributed by atoms with E-state index in [0.717, 1.165) is 19.4 Å². The molecule has 66 valence electrons. The van der Waals surface area contributed by atoms with E-state index in [0.29, 0.717) is 6.04 Å². The first-order valence-corrected chi connectivity index (χ1v) is 4.76. The number of hydrogen-bond donors (Lipinski definition) is 0. The van der Waals surface area contributed by atoms with Gasteiger partial charge in [-0.1, -0.05) is 6.08 Å². The highest BCUT2D eigenvalue weighted by molar-refractivity contribution is 6.31. The molecule has 0 saturated carbocycles. The van der Waals surface area contributed by atoms with E-state index in [-0.39, 0.29) is 17.2 Å². The maximum Gasteiger partial charge on any atom is 0.241 e. The van der Waals surface area contributed by atoms with Crippen molar-refractivity contribution in [2.75, 3.05) is 6.54 Å². The summed E-state index contributed by atoms with van der Waals surface area (Å²) >= 11 is 5.97. The Bertz CT molecular complexity index is 229. The van der Waals surface area contributed by atoms with Crippen molar-refractivity contribution in [2.24, 2.45) is 5.92 Å². The van der Waals surface area contributed by atoms with Crippen LogP contribution < -0.4 is 0 Å². The lowest BCUT2D eigenvalue weighted by Crippen LogP contribution is -2.29. The predicted molar refractivity (Wildman–Crippen MR) is 48.1 cm³/mol. The van der Waals surface area contributed by atoms with E-state index in [2.05, 4.69) is 6.58 Å². The van der Waals surface area contributed by atoms with Crippen LogP contribution in [0.1, 0.15) is 12.8 Å². The van der Waals surface area contributed by atoms with Gasteiger partial charge in [0.2, 0.25) is 5.91 Å². The highest BCUT2D eigenvalue weighted by atomic mass is 35.5. The van der Waals surface area contributed by atoms with Crippen LogP contribution in [-0.4, -0.2) is 28.8 Å². The first-order valence-electron chi connectivity index (χ1n) is 4.33. The molecular weight excluding hydrogens is 174 g/mol. The Morgan fingerprint density at radius 2 is 2.42 bits per heavy atom. The van der Waals surface area contributed by atoms with Crippen molar-refractivity contribution >= 4 is 17.5 Å². The average molecular weight is 186 g/mol. The topological polar surface area (TPSA) is 20.3 Å². The van der Waals surface area contributed by atoms with Crippen LogP contribution in [0.5, 0.6) is 0 Å². The first-order chi connectivity index (χ1) is 5.75. The smallest absolute Gasteiger partial charge is 0.241 e. The Kier molecular flexibility index (Phi) is 1.87. The molecule has 0 radical (unpaired) electrons. The van der Waals surface area contributed by atoms with Crippen LogP contribution in [0.25, 0.3) is 0 Å². The summed E-state index contributed by atoms with van der Waals surface area (Å²) in [5.41, 5.74) is 0. The van der Waals surface area contributed by atoms with Crippen molar-refractivity contribution < 1.29 is 4.79 Å². The summed E-state index contributed by atoms with van der Waals surface area (Å²) in [6, 6.07) is 0.345. The Morgan fingerprint density at radius 1 is 1.67 bits per heavy atom. The van der Waals surface area contributed by atoms with Gasteiger partial charge in [-0.2, -0.15) is 0 Å². The third kappa shape index (κ3) is 0.908. The normalized spacial score (nSPS) is 40.2. The van der Waals surface area contributed by atoms with Gasteiger partial charge in [-0.25, -0.2) is 0 Å². The van der Waals surface area contributed by atoms with Gasteiger partial charge in [-0.05, 0) is 12.8 Å². The summed E-state index contributed by atoms with van der Waals surface area (Å²) in [6.07, 6.45) is 4.03. The van der Waals surface area contributed by atoms with Crippen molar-refractivity contribution in [3.8, 4) is 0 Å². The molecule has 0 aliphatic carbocycles. The van der Waals surface area contributed by atoms with Crippen LogP contribution in [0, 0.1) is 5.92 Å².